The quantitative estimate of drug-likeness (QED) is 0.773. The predicted octanol–water partition coefficient (Wildman–Crippen LogP) is 3.78. The van der Waals surface area contributed by atoms with Gasteiger partial charge in [0.2, 0.25) is 0 Å². The van der Waals surface area contributed by atoms with Crippen molar-refractivity contribution in [1.29, 1.82) is 0 Å². The average Bonchev–Trinajstić information content (AvgIpc) is 3.08. The van der Waals surface area contributed by atoms with Gasteiger partial charge in [-0.05, 0) is 50.2 Å². The molecule has 122 valence electrons. The minimum Gasteiger partial charge on any atom is -0.491 e. The Kier molecular flexibility index (Phi) is 4.56. The van der Waals surface area contributed by atoms with Crippen LogP contribution in [0.3, 0.4) is 0 Å². The van der Waals surface area contributed by atoms with Crippen molar-refractivity contribution in [2.24, 2.45) is 0 Å². The molecule has 6 heteroatoms. The number of hydrogen-bond donors (Lipinski definition) is 1. The first-order valence-corrected chi connectivity index (χ1v) is 7.56. The van der Waals surface area contributed by atoms with Gasteiger partial charge in [0.05, 0.1) is 18.0 Å². The Morgan fingerprint density at radius 3 is 2.58 bits per heavy atom. The van der Waals surface area contributed by atoms with Crippen molar-refractivity contribution in [3.8, 4) is 17.0 Å². The van der Waals surface area contributed by atoms with Crippen LogP contribution in [-0.2, 0) is 0 Å². The number of benzene rings is 1. The van der Waals surface area contributed by atoms with Crippen molar-refractivity contribution in [2.75, 3.05) is 5.32 Å². The van der Waals surface area contributed by atoms with Crippen molar-refractivity contribution < 1.29 is 13.9 Å². The zero-order chi connectivity index (χ0) is 16.9. The molecule has 0 fully saturated rings. The summed E-state index contributed by atoms with van der Waals surface area (Å²) in [6.07, 6.45) is 4.58. The number of amides is 1. The topological polar surface area (TPSA) is 77.2 Å². The standard InChI is InChI=1S/C18H17N3O3/c1-12(2)24-15-5-3-13(4-6-15)16-11-14(7-8-19-16)17(22)21-18-20-9-10-23-18/h3-12H,1-2H3,(H,20,21,22). The number of nitrogens with zero attached hydrogens (tertiary/aromatic N) is 2. The van der Waals surface area contributed by atoms with E-state index in [1.807, 2.05) is 38.1 Å². The van der Waals surface area contributed by atoms with Crippen molar-refractivity contribution in [3.63, 3.8) is 0 Å². The molecule has 0 atom stereocenters. The van der Waals surface area contributed by atoms with Crippen LogP contribution in [0.2, 0.25) is 0 Å². The molecule has 0 spiro atoms. The minimum absolute atomic E-state index is 0.121. The zero-order valence-electron chi connectivity index (χ0n) is 13.4. The summed E-state index contributed by atoms with van der Waals surface area (Å²) in [6.45, 7) is 3.96. The third-order valence-corrected chi connectivity index (χ3v) is 3.20. The summed E-state index contributed by atoms with van der Waals surface area (Å²) in [5, 5.41) is 2.58. The van der Waals surface area contributed by atoms with E-state index in [2.05, 4.69) is 15.3 Å². The Balaban J connectivity index is 1.78. The number of carbonyl (C=O) groups excluding carboxylic acids is 1. The van der Waals surface area contributed by atoms with Crippen molar-refractivity contribution >= 4 is 11.9 Å². The average molecular weight is 323 g/mol. The number of nitrogens with one attached hydrogen (secondary N) is 1. The van der Waals surface area contributed by atoms with Gasteiger partial charge in [-0.1, -0.05) is 0 Å². The first-order chi connectivity index (χ1) is 11.6. The highest BCUT2D eigenvalue weighted by molar-refractivity contribution is 6.03. The Bertz CT molecular complexity index is 812. The molecule has 0 radical (unpaired) electrons. The van der Waals surface area contributed by atoms with Crippen LogP contribution >= 0.6 is 0 Å². The van der Waals surface area contributed by atoms with Crippen molar-refractivity contribution in [2.45, 2.75) is 20.0 Å². The maximum Gasteiger partial charge on any atom is 0.301 e. The van der Waals surface area contributed by atoms with Crippen LogP contribution in [0, 0.1) is 0 Å². The predicted molar refractivity (Wildman–Crippen MR) is 89.9 cm³/mol. The molecule has 1 N–H and O–H groups in total. The largest absolute Gasteiger partial charge is 0.491 e. The highest BCUT2D eigenvalue weighted by atomic mass is 16.5. The summed E-state index contributed by atoms with van der Waals surface area (Å²) in [5.74, 6) is 0.493. The molecule has 0 aliphatic heterocycles. The molecule has 2 aromatic heterocycles. The Hall–Kier alpha value is -3.15. The second kappa shape index (κ2) is 6.95. The summed E-state index contributed by atoms with van der Waals surface area (Å²) in [5.41, 5.74) is 2.07. The van der Waals surface area contributed by atoms with Crippen LogP contribution in [0.25, 0.3) is 11.3 Å². The van der Waals surface area contributed by atoms with Crippen LogP contribution in [0.5, 0.6) is 5.75 Å². The van der Waals surface area contributed by atoms with E-state index in [0.29, 0.717) is 11.3 Å². The lowest BCUT2D eigenvalue weighted by molar-refractivity contribution is 0.102. The number of oxazole rings is 1. The first-order valence-electron chi connectivity index (χ1n) is 7.56. The van der Waals surface area contributed by atoms with E-state index in [-0.39, 0.29) is 18.0 Å². The van der Waals surface area contributed by atoms with Gasteiger partial charge >= 0.3 is 6.01 Å². The highest BCUT2D eigenvalue weighted by Crippen LogP contribution is 2.22. The van der Waals surface area contributed by atoms with Crippen LogP contribution in [0.15, 0.2) is 59.5 Å². The number of rotatable bonds is 5. The van der Waals surface area contributed by atoms with E-state index in [1.165, 1.54) is 12.5 Å². The van der Waals surface area contributed by atoms with Crippen molar-refractivity contribution in [1.82, 2.24) is 9.97 Å². The van der Waals surface area contributed by atoms with Gasteiger partial charge in [0.15, 0.2) is 0 Å². The van der Waals surface area contributed by atoms with Gasteiger partial charge in [0.25, 0.3) is 5.91 Å². The summed E-state index contributed by atoms with van der Waals surface area (Å²) in [6, 6.07) is 11.1. The smallest absolute Gasteiger partial charge is 0.301 e. The van der Waals surface area contributed by atoms with Gasteiger partial charge < -0.3 is 9.15 Å². The van der Waals surface area contributed by atoms with Gasteiger partial charge in [0.1, 0.15) is 12.0 Å². The van der Waals surface area contributed by atoms with Crippen LogP contribution in [0.4, 0.5) is 6.01 Å². The monoisotopic (exact) mass is 323 g/mol. The molecule has 1 amide bonds. The Morgan fingerprint density at radius 2 is 1.92 bits per heavy atom. The molecule has 2 heterocycles. The highest BCUT2D eigenvalue weighted by Gasteiger charge is 2.10. The fourth-order valence-electron chi connectivity index (χ4n) is 2.16. The minimum atomic E-state index is -0.305. The molecule has 6 nitrogen and oxygen atoms in total. The molecule has 1 aromatic carbocycles. The molecular formula is C18H17N3O3. The normalized spacial score (nSPS) is 10.6. The van der Waals surface area contributed by atoms with E-state index in [4.69, 9.17) is 9.15 Å². The lowest BCUT2D eigenvalue weighted by Gasteiger charge is -2.10. The summed E-state index contributed by atoms with van der Waals surface area (Å²) >= 11 is 0. The molecule has 3 aromatic rings. The first kappa shape index (κ1) is 15.7. The van der Waals surface area contributed by atoms with Gasteiger partial charge in [-0.2, -0.15) is 0 Å². The SMILES string of the molecule is CC(C)Oc1ccc(-c2cc(C(=O)Nc3ncco3)ccn2)cc1. The molecule has 0 bridgehead atoms. The van der Waals surface area contributed by atoms with Gasteiger partial charge in [-0.3, -0.25) is 15.1 Å². The maximum absolute atomic E-state index is 12.2. The number of pyridine rings is 1. The third-order valence-electron chi connectivity index (χ3n) is 3.20. The third kappa shape index (κ3) is 3.78. The molecule has 3 rings (SSSR count). The molecular weight excluding hydrogens is 306 g/mol. The lowest BCUT2D eigenvalue weighted by atomic mass is 10.1. The number of aromatic nitrogens is 2. The number of hydrogen-bond acceptors (Lipinski definition) is 5. The molecule has 0 unspecified atom stereocenters. The van der Waals surface area contributed by atoms with E-state index in [0.717, 1.165) is 11.3 Å². The van der Waals surface area contributed by atoms with Gasteiger partial charge in [-0.25, -0.2) is 4.98 Å². The molecule has 0 aliphatic carbocycles. The number of carbonyl (C=O) groups is 1. The molecule has 0 saturated heterocycles. The molecule has 0 aliphatic rings. The summed E-state index contributed by atoms with van der Waals surface area (Å²) in [4.78, 5) is 20.4. The molecule has 24 heavy (non-hydrogen) atoms. The molecule has 0 saturated carbocycles. The van der Waals surface area contributed by atoms with Crippen molar-refractivity contribution in [3.05, 3.63) is 60.6 Å². The number of anilines is 1. The Labute approximate surface area is 139 Å². The van der Waals surface area contributed by atoms with Crippen LogP contribution < -0.4 is 10.1 Å². The zero-order valence-corrected chi connectivity index (χ0v) is 13.4. The van der Waals surface area contributed by atoms with Crippen LogP contribution in [-0.4, -0.2) is 22.0 Å². The number of ether oxygens (including phenoxy) is 1. The maximum atomic E-state index is 12.2. The second-order valence-corrected chi connectivity index (χ2v) is 5.41. The summed E-state index contributed by atoms with van der Waals surface area (Å²) < 4.78 is 10.6. The van der Waals surface area contributed by atoms with E-state index >= 15 is 0 Å². The Morgan fingerprint density at radius 1 is 1.12 bits per heavy atom. The summed E-state index contributed by atoms with van der Waals surface area (Å²) in [7, 11) is 0. The lowest BCUT2D eigenvalue weighted by Crippen LogP contribution is -2.12. The van der Waals surface area contributed by atoms with Gasteiger partial charge in [0, 0.05) is 17.3 Å². The fourth-order valence-corrected chi connectivity index (χ4v) is 2.16. The van der Waals surface area contributed by atoms with E-state index < -0.39 is 0 Å². The second-order valence-electron chi connectivity index (χ2n) is 5.41. The van der Waals surface area contributed by atoms with E-state index in [1.54, 1.807) is 18.3 Å². The van der Waals surface area contributed by atoms with Crippen LogP contribution in [0.1, 0.15) is 24.2 Å². The van der Waals surface area contributed by atoms with Gasteiger partial charge in [-0.15, -0.1) is 0 Å². The van der Waals surface area contributed by atoms with E-state index in [9.17, 15) is 4.79 Å². The fraction of sp³-hybridized carbons (Fsp3) is 0.167.